The first kappa shape index (κ1) is 22.0. The number of aryl methyl sites for hydroxylation is 1. The number of H-pyrrole nitrogens is 2. The van der Waals surface area contributed by atoms with Crippen molar-refractivity contribution >= 4 is 21.9 Å². The maximum Gasteiger partial charge on any atom is 0.159 e. The lowest BCUT2D eigenvalue weighted by Crippen LogP contribution is -2.13. The molecule has 0 atom stereocenters. The average Bonchev–Trinajstić information content (AvgIpc) is 3.53. The van der Waals surface area contributed by atoms with Crippen LogP contribution in [-0.2, 0) is 6.42 Å². The largest absolute Gasteiger partial charge is 0.336 e. The number of fused-ring (bicyclic) bond motifs is 2. The van der Waals surface area contributed by atoms with E-state index in [4.69, 9.17) is 4.98 Å². The fraction of sp³-hybridized carbons (Fsp3) is 0.185. The third kappa shape index (κ3) is 4.20. The van der Waals surface area contributed by atoms with Crippen molar-refractivity contribution < 1.29 is 0 Å². The average molecular weight is 476 g/mol. The molecule has 0 aliphatic rings. The zero-order valence-electron chi connectivity index (χ0n) is 20.1. The van der Waals surface area contributed by atoms with E-state index < -0.39 is 0 Å². The van der Waals surface area contributed by atoms with E-state index in [2.05, 4.69) is 60.2 Å². The van der Waals surface area contributed by atoms with Crippen LogP contribution in [0.25, 0.3) is 56.1 Å². The summed E-state index contributed by atoms with van der Waals surface area (Å²) < 4.78 is 0. The van der Waals surface area contributed by atoms with Crippen LogP contribution >= 0.6 is 0 Å². The van der Waals surface area contributed by atoms with Gasteiger partial charge in [0, 0.05) is 35.7 Å². The Bertz CT molecular complexity index is 1650. The molecule has 0 saturated heterocycles. The molecule has 0 amide bonds. The Balaban J connectivity index is 1.38. The molecule has 0 aliphatic carbocycles. The van der Waals surface area contributed by atoms with E-state index in [9.17, 15) is 0 Å². The van der Waals surface area contributed by atoms with Crippen molar-refractivity contribution in [2.24, 2.45) is 0 Å². The van der Waals surface area contributed by atoms with E-state index in [1.807, 2.05) is 48.9 Å². The Morgan fingerprint density at radius 3 is 2.67 bits per heavy atom. The maximum absolute atomic E-state index is 4.87. The molecular formula is C27H25N9. The fourth-order valence-electron chi connectivity index (χ4n) is 4.36. The Labute approximate surface area is 207 Å². The summed E-state index contributed by atoms with van der Waals surface area (Å²) in [5.41, 5.74) is 7.74. The van der Waals surface area contributed by atoms with Crippen molar-refractivity contribution in [2.45, 2.75) is 12.8 Å². The van der Waals surface area contributed by atoms with Crippen LogP contribution in [0.3, 0.4) is 0 Å². The van der Waals surface area contributed by atoms with Crippen molar-refractivity contribution in [3.8, 4) is 34.2 Å². The summed E-state index contributed by atoms with van der Waals surface area (Å²) in [4.78, 5) is 28.6. The molecule has 0 unspecified atom stereocenters. The molecule has 0 saturated carbocycles. The van der Waals surface area contributed by atoms with Crippen molar-refractivity contribution in [1.29, 1.82) is 0 Å². The van der Waals surface area contributed by atoms with Crippen LogP contribution in [0.2, 0.25) is 0 Å². The number of imidazole rings is 1. The lowest BCUT2D eigenvalue weighted by atomic mass is 10.1. The van der Waals surface area contributed by atoms with Gasteiger partial charge in [-0.2, -0.15) is 5.10 Å². The van der Waals surface area contributed by atoms with E-state index in [1.54, 1.807) is 12.4 Å². The van der Waals surface area contributed by atoms with E-state index in [0.717, 1.165) is 69.7 Å². The van der Waals surface area contributed by atoms with Crippen LogP contribution in [0, 0.1) is 0 Å². The van der Waals surface area contributed by atoms with Gasteiger partial charge in [-0.15, -0.1) is 0 Å². The van der Waals surface area contributed by atoms with Crippen LogP contribution < -0.4 is 0 Å². The van der Waals surface area contributed by atoms with E-state index in [0.29, 0.717) is 5.82 Å². The van der Waals surface area contributed by atoms with Gasteiger partial charge in [0.25, 0.3) is 0 Å². The second-order valence-electron chi connectivity index (χ2n) is 9.03. The molecule has 36 heavy (non-hydrogen) atoms. The first-order valence-electron chi connectivity index (χ1n) is 11.9. The molecule has 0 aromatic carbocycles. The standard InChI is InChI=1S/C27H25N9/c1-36(2)11-5-6-17-12-18(15-28-14-17)22-13-19-23(16-31-22)34-35-24(19)27-32-21-8-10-30-25(26(21)33-27)20-7-3-4-9-29-20/h3-4,7-10,12-16H,5-6,11H2,1-2H3,(H,32,33)(H,34,35). The summed E-state index contributed by atoms with van der Waals surface area (Å²) in [6.07, 6.45) is 11.2. The molecule has 6 aromatic heterocycles. The molecule has 6 rings (SSSR count). The van der Waals surface area contributed by atoms with Gasteiger partial charge in [0.15, 0.2) is 5.82 Å². The number of hydrogen-bond donors (Lipinski definition) is 2. The molecular weight excluding hydrogens is 450 g/mol. The normalized spacial score (nSPS) is 11.6. The Morgan fingerprint density at radius 1 is 0.861 bits per heavy atom. The number of rotatable bonds is 7. The highest BCUT2D eigenvalue weighted by molar-refractivity contribution is 5.96. The number of nitrogens with zero attached hydrogens (tertiary/aromatic N) is 7. The van der Waals surface area contributed by atoms with Crippen LogP contribution in [0.4, 0.5) is 0 Å². The second kappa shape index (κ2) is 9.27. The summed E-state index contributed by atoms with van der Waals surface area (Å²) in [6, 6.07) is 11.9. The predicted octanol–water partition coefficient (Wildman–Crippen LogP) is 4.51. The highest BCUT2D eigenvalue weighted by Crippen LogP contribution is 2.31. The van der Waals surface area contributed by atoms with Crippen molar-refractivity contribution in [3.05, 3.63) is 72.9 Å². The molecule has 0 aliphatic heterocycles. The number of pyridine rings is 4. The topological polar surface area (TPSA) is 112 Å². The molecule has 0 fully saturated rings. The van der Waals surface area contributed by atoms with Gasteiger partial charge in [0.2, 0.25) is 0 Å². The zero-order valence-corrected chi connectivity index (χ0v) is 20.1. The third-order valence-electron chi connectivity index (χ3n) is 6.14. The molecule has 0 bridgehead atoms. The molecule has 178 valence electrons. The van der Waals surface area contributed by atoms with Gasteiger partial charge in [-0.3, -0.25) is 25.0 Å². The van der Waals surface area contributed by atoms with Gasteiger partial charge < -0.3 is 9.88 Å². The molecule has 6 aromatic rings. The van der Waals surface area contributed by atoms with Crippen molar-refractivity contribution in [1.82, 2.24) is 45.0 Å². The summed E-state index contributed by atoms with van der Waals surface area (Å²) >= 11 is 0. The predicted molar refractivity (Wildman–Crippen MR) is 140 cm³/mol. The quantitative estimate of drug-likeness (QED) is 0.349. The first-order chi connectivity index (χ1) is 17.7. The summed E-state index contributed by atoms with van der Waals surface area (Å²) in [5, 5.41) is 8.58. The van der Waals surface area contributed by atoms with Gasteiger partial charge in [0.05, 0.1) is 28.6 Å². The molecule has 9 heteroatoms. The minimum atomic E-state index is 0.661. The van der Waals surface area contributed by atoms with Crippen LogP contribution in [0.1, 0.15) is 12.0 Å². The molecule has 2 N–H and O–H groups in total. The number of aromatic amines is 2. The minimum Gasteiger partial charge on any atom is -0.336 e. The highest BCUT2D eigenvalue weighted by atomic mass is 15.1. The number of hydrogen-bond acceptors (Lipinski definition) is 7. The summed E-state index contributed by atoms with van der Waals surface area (Å²) in [7, 11) is 4.18. The third-order valence-corrected chi connectivity index (χ3v) is 6.14. The summed E-state index contributed by atoms with van der Waals surface area (Å²) in [5.74, 6) is 0.661. The second-order valence-corrected chi connectivity index (χ2v) is 9.03. The van der Waals surface area contributed by atoms with Gasteiger partial charge in [-0.1, -0.05) is 6.07 Å². The van der Waals surface area contributed by atoms with Crippen LogP contribution in [-0.4, -0.2) is 65.6 Å². The summed E-state index contributed by atoms with van der Waals surface area (Å²) in [6.45, 7) is 1.04. The Hall–Kier alpha value is -4.50. The van der Waals surface area contributed by atoms with Gasteiger partial charge in [0.1, 0.15) is 16.9 Å². The highest BCUT2D eigenvalue weighted by Gasteiger charge is 2.17. The van der Waals surface area contributed by atoms with Gasteiger partial charge in [-0.25, -0.2) is 4.98 Å². The molecule has 0 radical (unpaired) electrons. The van der Waals surface area contributed by atoms with Crippen molar-refractivity contribution in [3.63, 3.8) is 0 Å². The van der Waals surface area contributed by atoms with Crippen LogP contribution in [0.5, 0.6) is 0 Å². The maximum atomic E-state index is 4.87. The zero-order chi connectivity index (χ0) is 24.5. The number of aromatic nitrogens is 8. The number of nitrogens with one attached hydrogen (secondary N) is 2. The lowest BCUT2D eigenvalue weighted by Gasteiger charge is -2.09. The van der Waals surface area contributed by atoms with E-state index in [-0.39, 0.29) is 0 Å². The van der Waals surface area contributed by atoms with Crippen LogP contribution in [0.15, 0.2) is 67.4 Å². The molecule has 6 heterocycles. The monoisotopic (exact) mass is 475 g/mol. The van der Waals surface area contributed by atoms with E-state index >= 15 is 0 Å². The Kier molecular flexibility index (Phi) is 5.67. The minimum absolute atomic E-state index is 0.661. The fourth-order valence-corrected chi connectivity index (χ4v) is 4.36. The first-order valence-corrected chi connectivity index (χ1v) is 11.9. The van der Waals surface area contributed by atoms with Crippen molar-refractivity contribution in [2.75, 3.05) is 20.6 Å². The van der Waals surface area contributed by atoms with Gasteiger partial charge in [-0.05, 0) is 69.4 Å². The smallest absolute Gasteiger partial charge is 0.159 e. The SMILES string of the molecule is CN(C)CCCc1cncc(-c2cc3c(-c4nc5c(-c6ccccn6)nccc5[nH]4)n[nH]c3cn2)c1. The van der Waals surface area contributed by atoms with Gasteiger partial charge >= 0.3 is 0 Å². The van der Waals surface area contributed by atoms with E-state index in [1.165, 1.54) is 5.56 Å². The molecule has 9 nitrogen and oxygen atoms in total. The lowest BCUT2D eigenvalue weighted by molar-refractivity contribution is 0.400. The Morgan fingerprint density at radius 2 is 1.81 bits per heavy atom. The molecule has 0 spiro atoms.